The minimum Gasteiger partial charge on any atom is -0.390 e. The van der Waals surface area contributed by atoms with Crippen LogP contribution in [0.2, 0.25) is 0 Å². The molecule has 4 N–H and O–H groups in total. The summed E-state index contributed by atoms with van der Waals surface area (Å²) in [6.07, 6.45) is 10.9. The standard InChI is InChI=1S/C21H28N4O2S/c1-13-15(12-22-25-13)17-11-16-18(28-17)19(26)24-21(23-16)9-7-20(27,8-10-21)14-5-3-2-4-6-14/h11-12,14,23,27H,2-10H2,1H3,(H,22,25)(H,24,26)/t20-,21+. The fraction of sp³-hybridized carbons (Fsp3) is 0.619. The number of thiophene rings is 1. The Morgan fingerprint density at radius 1 is 1.14 bits per heavy atom. The minimum absolute atomic E-state index is 0.00532. The third kappa shape index (κ3) is 2.95. The van der Waals surface area contributed by atoms with Crippen molar-refractivity contribution < 1.29 is 9.90 Å². The van der Waals surface area contributed by atoms with E-state index in [4.69, 9.17) is 0 Å². The molecule has 0 aromatic carbocycles. The van der Waals surface area contributed by atoms with Crippen LogP contribution < -0.4 is 10.6 Å². The zero-order valence-electron chi connectivity index (χ0n) is 16.3. The minimum atomic E-state index is -0.563. The molecule has 3 aliphatic rings. The zero-order chi connectivity index (χ0) is 19.4. The number of aryl methyl sites for hydroxylation is 1. The van der Waals surface area contributed by atoms with E-state index in [9.17, 15) is 9.90 Å². The first kappa shape index (κ1) is 18.2. The Hall–Kier alpha value is -1.86. The summed E-state index contributed by atoms with van der Waals surface area (Å²) in [4.78, 5) is 14.6. The van der Waals surface area contributed by atoms with Crippen LogP contribution in [0, 0.1) is 12.8 Å². The van der Waals surface area contributed by atoms with Gasteiger partial charge in [0.1, 0.15) is 10.5 Å². The van der Waals surface area contributed by atoms with Gasteiger partial charge in [-0.25, -0.2) is 0 Å². The second-order valence-electron chi connectivity index (χ2n) is 8.86. The van der Waals surface area contributed by atoms with Crippen molar-refractivity contribution in [2.24, 2.45) is 5.92 Å². The highest BCUT2D eigenvalue weighted by Gasteiger charge is 2.48. The van der Waals surface area contributed by atoms with Crippen molar-refractivity contribution in [2.75, 3.05) is 5.32 Å². The van der Waals surface area contributed by atoms with Gasteiger partial charge in [-0.1, -0.05) is 19.3 Å². The van der Waals surface area contributed by atoms with Gasteiger partial charge in [0.2, 0.25) is 0 Å². The molecule has 0 radical (unpaired) electrons. The molecule has 6 nitrogen and oxygen atoms in total. The van der Waals surface area contributed by atoms with Crippen LogP contribution in [0.5, 0.6) is 0 Å². The highest BCUT2D eigenvalue weighted by atomic mass is 32.1. The summed E-state index contributed by atoms with van der Waals surface area (Å²) in [5.41, 5.74) is 1.95. The summed E-state index contributed by atoms with van der Waals surface area (Å²) in [5, 5.41) is 25.2. The van der Waals surface area contributed by atoms with Gasteiger partial charge in [0, 0.05) is 16.1 Å². The molecule has 0 atom stereocenters. The van der Waals surface area contributed by atoms with Gasteiger partial charge in [0.25, 0.3) is 5.91 Å². The summed E-state index contributed by atoms with van der Waals surface area (Å²) in [5.74, 6) is 0.416. The number of hydrogen-bond donors (Lipinski definition) is 4. The first-order valence-corrected chi connectivity index (χ1v) is 11.3. The number of rotatable bonds is 2. The number of hydrogen-bond acceptors (Lipinski definition) is 5. The fourth-order valence-corrected chi connectivity index (χ4v) is 6.43. The molecule has 150 valence electrons. The van der Waals surface area contributed by atoms with E-state index < -0.39 is 11.3 Å². The van der Waals surface area contributed by atoms with Crippen molar-refractivity contribution in [2.45, 2.75) is 76.0 Å². The normalized spacial score (nSPS) is 30.7. The second-order valence-corrected chi connectivity index (χ2v) is 9.91. The predicted molar refractivity (Wildman–Crippen MR) is 110 cm³/mol. The van der Waals surface area contributed by atoms with Gasteiger partial charge < -0.3 is 15.7 Å². The Morgan fingerprint density at radius 3 is 2.57 bits per heavy atom. The maximum atomic E-state index is 12.9. The topological polar surface area (TPSA) is 90.0 Å². The molecule has 0 unspecified atom stereocenters. The number of aromatic amines is 1. The van der Waals surface area contributed by atoms with Gasteiger partial charge in [-0.05, 0) is 57.4 Å². The SMILES string of the molecule is Cc1[nH]ncc1-c1cc2c(s1)C(=O)N[C@]1(CC[C@](O)(C3CCCCC3)CC1)N2. The fourth-order valence-electron chi connectivity index (χ4n) is 5.36. The van der Waals surface area contributed by atoms with E-state index in [0.29, 0.717) is 5.92 Å². The van der Waals surface area contributed by atoms with Crippen LogP contribution in [0.25, 0.3) is 10.4 Å². The van der Waals surface area contributed by atoms with Crippen LogP contribution in [0.4, 0.5) is 5.69 Å². The largest absolute Gasteiger partial charge is 0.390 e. The quantitative estimate of drug-likeness (QED) is 0.609. The molecule has 2 aliphatic carbocycles. The lowest BCUT2D eigenvalue weighted by Crippen LogP contribution is -2.61. The van der Waals surface area contributed by atoms with Crippen molar-refractivity contribution in [1.29, 1.82) is 0 Å². The molecule has 2 aromatic rings. The lowest BCUT2D eigenvalue weighted by molar-refractivity contribution is -0.0744. The summed E-state index contributed by atoms with van der Waals surface area (Å²) >= 11 is 1.50. The molecule has 1 spiro atoms. The number of carbonyl (C=O) groups excluding carboxylic acids is 1. The third-order valence-electron chi connectivity index (χ3n) is 7.09. The van der Waals surface area contributed by atoms with Gasteiger partial charge in [-0.15, -0.1) is 11.3 Å². The predicted octanol–water partition coefficient (Wildman–Crippen LogP) is 4.18. The molecule has 2 fully saturated rings. The number of nitrogens with one attached hydrogen (secondary N) is 3. The van der Waals surface area contributed by atoms with Crippen molar-refractivity contribution in [3.05, 3.63) is 22.8 Å². The Morgan fingerprint density at radius 2 is 1.89 bits per heavy atom. The molecule has 1 aliphatic heterocycles. The van der Waals surface area contributed by atoms with E-state index in [1.54, 1.807) is 0 Å². The molecular formula is C21H28N4O2S. The first-order valence-electron chi connectivity index (χ1n) is 10.5. The maximum Gasteiger partial charge on any atom is 0.265 e. The number of carbonyl (C=O) groups is 1. The van der Waals surface area contributed by atoms with Crippen molar-refractivity contribution in [3.63, 3.8) is 0 Å². The Labute approximate surface area is 169 Å². The Kier molecular flexibility index (Phi) is 4.28. The van der Waals surface area contributed by atoms with E-state index in [2.05, 4.69) is 26.9 Å². The van der Waals surface area contributed by atoms with Crippen LogP contribution in [0.15, 0.2) is 12.3 Å². The van der Waals surface area contributed by atoms with Gasteiger partial charge in [-0.3, -0.25) is 9.89 Å². The van der Waals surface area contributed by atoms with E-state index in [1.807, 2.05) is 13.1 Å². The molecule has 2 saturated carbocycles. The first-order chi connectivity index (χ1) is 13.5. The molecule has 5 rings (SSSR count). The summed E-state index contributed by atoms with van der Waals surface area (Å²) in [7, 11) is 0. The summed E-state index contributed by atoms with van der Waals surface area (Å²) in [6, 6.07) is 2.07. The third-order valence-corrected chi connectivity index (χ3v) is 8.26. The number of fused-ring (bicyclic) bond motifs is 1. The van der Waals surface area contributed by atoms with E-state index in [0.717, 1.165) is 65.2 Å². The Balaban J connectivity index is 1.36. The van der Waals surface area contributed by atoms with Gasteiger partial charge in [0.05, 0.1) is 17.5 Å². The molecule has 0 saturated heterocycles. The lowest BCUT2D eigenvalue weighted by Gasteiger charge is -2.49. The molecular weight excluding hydrogens is 372 g/mol. The van der Waals surface area contributed by atoms with Crippen LogP contribution >= 0.6 is 11.3 Å². The second kappa shape index (κ2) is 6.59. The molecule has 2 aromatic heterocycles. The Bertz CT molecular complexity index is 888. The van der Waals surface area contributed by atoms with Crippen LogP contribution in [0.1, 0.15) is 73.2 Å². The number of nitrogens with zero attached hydrogens (tertiary/aromatic N) is 1. The van der Waals surface area contributed by atoms with E-state index in [-0.39, 0.29) is 5.91 Å². The summed E-state index contributed by atoms with van der Waals surface area (Å²) in [6.45, 7) is 1.99. The number of amides is 1. The highest BCUT2D eigenvalue weighted by Crippen LogP contribution is 2.47. The zero-order valence-corrected chi connectivity index (χ0v) is 17.1. The van der Waals surface area contributed by atoms with Crippen molar-refractivity contribution in [1.82, 2.24) is 15.5 Å². The molecule has 28 heavy (non-hydrogen) atoms. The number of aromatic nitrogens is 2. The van der Waals surface area contributed by atoms with Crippen LogP contribution in [-0.2, 0) is 0 Å². The van der Waals surface area contributed by atoms with Gasteiger partial charge in [-0.2, -0.15) is 5.10 Å². The maximum absolute atomic E-state index is 12.9. The molecule has 3 heterocycles. The smallest absolute Gasteiger partial charge is 0.265 e. The van der Waals surface area contributed by atoms with Crippen LogP contribution in [0.3, 0.4) is 0 Å². The molecule has 7 heteroatoms. The molecule has 0 bridgehead atoms. The number of anilines is 1. The van der Waals surface area contributed by atoms with Gasteiger partial charge >= 0.3 is 0 Å². The highest BCUT2D eigenvalue weighted by molar-refractivity contribution is 7.18. The average Bonchev–Trinajstić information content (AvgIpc) is 3.31. The van der Waals surface area contributed by atoms with E-state index in [1.165, 1.54) is 30.6 Å². The lowest BCUT2D eigenvalue weighted by atomic mass is 9.67. The van der Waals surface area contributed by atoms with E-state index >= 15 is 0 Å². The summed E-state index contributed by atoms with van der Waals surface area (Å²) < 4.78 is 0. The van der Waals surface area contributed by atoms with Gasteiger partial charge in [0.15, 0.2) is 0 Å². The molecule has 1 amide bonds. The van der Waals surface area contributed by atoms with Crippen molar-refractivity contribution in [3.8, 4) is 10.4 Å². The number of H-pyrrole nitrogens is 1. The average molecular weight is 401 g/mol. The van der Waals surface area contributed by atoms with Crippen LogP contribution in [-0.4, -0.2) is 32.5 Å². The number of aliphatic hydroxyl groups is 1. The van der Waals surface area contributed by atoms with Crippen molar-refractivity contribution >= 4 is 22.9 Å². The monoisotopic (exact) mass is 400 g/mol.